The highest BCUT2D eigenvalue weighted by atomic mass is 31.2. The molecule has 0 bridgehead atoms. The molecule has 0 rings (SSSR count). The molecule has 0 aliphatic heterocycles. The maximum atomic E-state index is 12.4. The van der Waals surface area contributed by atoms with Crippen molar-refractivity contribution in [2.24, 2.45) is 5.92 Å². The summed E-state index contributed by atoms with van der Waals surface area (Å²) in [6.45, 7) is 5.90. The topological polar surface area (TPSA) is 140 Å². The van der Waals surface area contributed by atoms with Gasteiger partial charge in [-0.25, -0.2) is 4.57 Å². The Bertz CT molecular complexity index is 1050. The van der Waals surface area contributed by atoms with E-state index in [2.05, 4.69) is 37.4 Å². The van der Waals surface area contributed by atoms with Crippen LogP contribution in [0.25, 0.3) is 0 Å². The molecule has 0 fully saturated rings. The van der Waals surface area contributed by atoms with Crippen LogP contribution in [0.1, 0.15) is 220 Å². The molecule has 2 atom stereocenters. The monoisotopic (exact) mass is 827 g/mol. The van der Waals surface area contributed by atoms with Crippen molar-refractivity contribution in [3.63, 3.8) is 0 Å². The summed E-state index contributed by atoms with van der Waals surface area (Å²) in [5.41, 5.74) is 0. The van der Waals surface area contributed by atoms with E-state index in [9.17, 15) is 19.3 Å². The first-order valence-corrected chi connectivity index (χ1v) is 24.8. The fourth-order valence-electron chi connectivity index (χ4n) is 6.69. The molecule has 1 unspecified atom stereocenters. The molecule has 0 heterocycles. The Morgan fingerprint density at radius 1 is 0.579 bits per heavy atom. The van der Waals surface area contributed by atoms with E-state index in [1.165, 1.54) is 135 Å². The first-order valence-electron chi connectivity index (χ1n) is 23.2. The Balaban J connectivity index is 3.99. The molecule has 0 aromatic heterocycles. The quantitative estimate of drug-likeness (QED) is 0.0180. The van der Waals surface area contributed by atoms with E-state index >= 15 is 0 Å². The largest absolute Gasteiger partial charge is 0.469 e. The fraction of sp³-hybridized carbons (Fsp3) is 0.830. The number of carbonyl (C=O) groups is 2. The molecule has 10 heteroatoms. The van der Waals surface area contributed by atoms with Crippen molar-refractivity contribution in [3.05, 3.63) is 36.5 Å². The fourth-order valence-corrected chi connectivity index (χ4v) is 7.05. The molecule has 0 aliphatic rings. The number of ether oxygens (including phenoxy) is 2. The lowest BCUT2D eigenvalue weighted by Crippen LogP contribution is -2.29. The van der Waals surface area contributed by atoms with Crippen LogP contribution < -0.4 is 0 Å². The van der Waals surface area contributed by atoms with Crippen LogP contribution in [0.4, 0.5) is 0 Å². The van der Waals surface area contributed by atoms with Crippen molar-refractivity contribution in [1.29, 1.82) is 0 Å². The van der Waals surface area contributed by atoms with Gasteiger partial charge in [0.2, 0.25) is 0 Å². The Morgan fingerprint density at radius 2 is 1.09 bits per heavy atom. The molecule has 0 saturated heterocycles. The van der Waals surface area contributed by atoms with Crippen LogP contribution in [0, 0.1) is 5.92 Å². The second-order valence-corrected chi connectivity index (χ2v) is 17.7. The second-order valence-electron chi connectivity index (χ2n) is 16.4. The SMILES string of the molecule is CCCCCCCC/C=C/C/C=C/C=C/C(O)CCCC(=O)O[C@H](COC(=O)CCCCCCCCCCCCCCCCCCCCC(C)C)COP(=O)(O)O. The van der Waals surface area contributed by atoms with E-state index in [0.717, 1.165) is 38.0 Å². The molecule has 0 radical (unpaired) electrons. The van der Waals surface area contributed by atoms with Crippen LogP contribution in [0.5, 0.6) is 0 Å². The number of aliphatic hydroxyl groups is 1. The molecule has 3 N–H and O–H groups in total. The zero-order chi connectivity index (χ0) is 42.1. The van der Waals surface area contributed by atoms with E-state index in [1.54, 1.807) is 12.2 Å². The Morgan fingerprint density at radius 3 is 1.63 bits per heavy atom. The Labute approximate surface area is 349 Å². The summed E-state index contributed by atoms with van der Waals surface area (Å²) < 4.78 is 26.3. The van der Waals surface area contributed by atoms with Crippen molar-refractivity contribution in [2.45, 2.75) is 232 Å². The van der Waals surface area contributed by atoms with Crippen molar-refractivity contribution in [3.8, 4) is 0 Å². The summed E-state index contributed by atoms with van der Waals surface area (Å²) in [7, 11) is -4.81. The van der Waals surface area contributed by atoms with Crippen LogP contribution >= 0.6 is 7.82 Å². The minimum absolute atomic E-state index is 0.0104. The summed E-state index contributed by atoms with van der Waals surface area (Å²) in [6, 6.07) is 0. The molecule has 334 valence electrons. The van der Waals surface area contributed by atoms with Gasteiger partial charge in [-0.15, -0.1) is 0 Å². The lowest BCUT2D eigenvalue weighted by atomic mass is 10.0. The summed E-state index contributed by atoms with van der Waals surface area (Å²) in [4.78, 5) is 43.0. The highest BCUT2D eigenvalue weighted by Crippen LogP contribution is 2.36. The number of phosphoric ester groups is 1. The number of hydrogen-bond donors (Lipinski definition) is 3. The number of carbonyl (C=O) groups excluding carboxylic acids is 2. The van der Waals surface area contributed by atoms with Crippen molar-refractivity contribution in [1.82, 2.24) is 0 Å². The third kappa shape index (κ3) is 45.2. The molecule has 0 amide bonds. The number of aliphatic hydroxyl groups excluding tert-OH is 1. The van der Waals surface area contributed by atoms with E-state index < -0.39 is 38.6 Å². The Hall–Kier alpha value is -1.77. The summed E-state index contributed by atoms with van der Waals surface area (Å²) >= 11 is 0. The molecular weight excluding hydrogens is 739 g/mol. The third-order valence-electron chi connectivity index (χ3n) is 10.2. The predicted octanol–water partition coefficient (Wildman–Crippen LogP) is 13.3. The molecule has 0 aromatic rings. The molecular formula is C47H87O9P. The standard InChI is InChI=1S/C47H87O9P/c1-4-5-6-7-8-9-10-17-21-24-27-30-33-37-44(48)38-35-40-47(50)56-45(42-55-57(51,52)53)41-54-46(49)39-34-31-28-25-22-19-16-14-12-11-13-15-18-20-23-26-29-32-36-43(2)3/h17,21,27,30,33,37,43-45,48H,4-16,18-20,22-26,28-29,31-32,34-36,38-42H2,1-3H3,(H2,51,52,53)/b21-17+,30-27+,37-33+/t44?,45-/m1/s1. The van der Waals surface area contributed by atoms with Gasteiger partial charge in [-0.05, 0) is 44.4 Å². The summed E-state index contributed by atoms with van der Waals surface area (Å²) in [5.74, 6) is -0.230. The van der Waals surface area contributed by atoms with Crippen LogP contribution in [0.15, 0.2) is 36.5 Å². The summed E-state index contributed by atoms with van der Waals surface area (Å²) in [5, 5.41) is 10.2. The first-order chi connectivity index (χ1) is 27.5. The average molecular weight is 827 g/mol. The normalized spacial score (nSPS) is 13.4. The lowest BCUT2D eigenvalue weighted by Gasteiger charge is -2.18. The van der Waals surface area contributed by atoms with Crippen LogP contribution in [0.2, 0.25) is 0 Å². The molecule has 9 nitrogen and oxygen atoms in total. The van der Waals surface area contributed by atoms with Gasteiger partial charge in [0.05, 0.1) is 12.7 Å². The van der Waals surface area contributed by atoms with Gasteiger partial charge in [0.25, 0.3) is 0 Å². The number of unbranched alkanes of at least 4 members (excludes halogenated alkanes) is 23. The number of rotatable bonds is 42. The minimum atomic E-state index is -4.81. The number of hydrogen-bond acceptors (Lipinski definition) is 7. The zero-order valence-electron chi connectivity index (χ0n) is 36.8. The van der Waals surface area contributed by atoms with E-state index in [4.69, 9.17) is 19.3 Å². The van der Waals surface area contributed by atoms with Crippen molar-refractivity contribution < 1.29 is 43.0 Å². The lowest BCUT2D eigenvalue weighted by molar-refractivity contribution is -0.161. The molecule has 0 saturated carbocycles. The van der Waals surface area contributed by atoms with Gasteiger partial charge in [-0.3, -0.25) is 14.1 Å². The minimum Gasteiger partial charge on any atom is -0.462 e. The molecule has 0 aliphatic carbocycles. The van der Waals surface area contributed by atoms with Crippen LogP contribution in [0.3, 0.4) is 0 Å². The first kappa shape index (κ1) is 55.2. The van der Waals surface area contributed by atoms with Crippen molar-refractivity contribution >= 4 is 19.8 Å². The van der Waals surface area contributed by atoms with Gasteiger partial charge in [0.1, 0.15) is 6.61 Å². The summed E-state index contributed by atoms with van der Waals surface area (Å²) in [6.07, 6.45) is 44.8. The van der Waals surface area contributed by atoms with E-state index in [1.807, 2.05) is 12.2 Å². The average Bonchev–Trinajstić information content (AvgIpc) is 3.16. The Kier molecular flexibility index (Phi) is 39.7. The molecule has 0 aromatic carbocycles. The highest BCUT2D eigenvalue weighted by molar-refractivity contribution is 7.46. The van der Waals surface area contributed by atoms with Gasteiger partial charge < -0.3 is 24.4 Å². The maximum absolute atomic E-state index is 12.4. The van der Waals surface area contributed by atoms with Crippen LogP contribution in [-0.2, 0) is 28.2 Å². The number of phosphoric acid groups is 1. The third-order valence-corrected chi connectivity index (χ3v) is 10.7. The van der Waals surface area contributed by atoms with Crippen LogP contribution in [-0.4, -0.2) is 52.3 Å². The van der Waals surface area contributed by atoms with E-state index in [0.29, 0.717) is 19.3 Å². The highest BCUT2D eigenvalue weighted by Gasteiger charge is 2.23. The van der Waals surface area contributed by atoms with Gasteiger partial charge in [0.15, 0.2) is 6.10 Å². The molecule has 0 spiro atoms. The van der Waals surface area contributed by atoms with E-state index in [-0.39, 0.29) is 19.4 Å². The number of esters is 2. The van der Waals surface area contributed by atoms with Gasteiger partial charge in [-0.1, -0.05) is 205 Å². The maximum Gasteiger partial charge on any atom is 0.469 e. The second kappa shape index (κ2) is 41.0. The molecule has 57 heavy (non-hydrogen) atoms. The smallest absolute Gasteiger partial charge is 0.462 e. The van der Waals surface area contributed by atoms with Crippen molar-refractivity contribution in [2.75, 3.05) is 13.2 Å². The van der Waals surface area contributed by atoms with Gasteiger partial charge in [-0.2, -0.15) is 0 Å². The zero-order valence-corrected chi connectivity index (χ0v) is 37.7. The number of allylic oxidation sites excluding steroid dienone is 5. The predicted molar refractivity (Wildman–Crippen MR) is 236 cm³/mol. The van der Waals surface area contributed by atoms with Gasteiger partial charge >= 0.3 is 19.8 Å². The van der Waals surface area contributed by atoms with Gasteiger partial charge in [0, 0.05) is 12.8 Å².